The maximum atomic E-state index is 11.3. The number of nitrogens with zero attached hydrogens (tertiary/aromatic N) is 1. The summed E-state index contributed by atoms with van der Waals surface area (Å²) >= 11 is 0. The molecular formula is C12H14N2O3. The molecular weight excluding hydrogens is 220 g/mol. The molecule has 1 aliphatic carbocycles. The number of carbonyl (C=O) groups excluding carboxylic acids is 1. The van der Waals surface area contributed by atoms with E-state index in [4.69, 9.17) is 9.47 Å². The summed E-state index contributed by atoms with van der Waals surface area (Å²) in [6.07, 6.45) is 6.63. The second-order valence-electron chi connectivity index (χ2n) is 4.25. The number of rotatable bonds is 0. The van der Waals surface area contributed by atoms with Gasteiger partial charge in [-0.3, -0.25) is 4.79 Å². The van der Waals surface area contributed by atoms with Gasteiger partial charge in [-0.15, -0.1) is 0 Å². The van der Waals surface area contributed by atoms with Crippen molar-refractivity contribution in [3.63, 3.8) is 0 Å². The number of amides is 1. The molecule has 17 heavy (non-hydrogen) atoms. The highest BCUT2D eigenvalue weighted by Crippen LogP contribution is 2.30. The van der Waals surface area contributed by atoms with Gasteiger partial charge in [0.05, 0.1) is 12.6 Å². The Hall–Kier alpha value is -1.62. The summed E-state index contributed by atoms with van der Waals surface area (Å²) in [6, 6.07) is 0.163. The van der Waals surface area contributed by atoms with Crippen LogP contribution >= 0.6 is 0 Å². The Morgan fingerprint density at radius 3 is 3.24 bits per heavy atom. The van der Waals surface area contributed by atoms with E-state index in [0.717, 1.165) is 24.2 Å². The van der Waals surface area contributed by atoms with Crippen molar-refractivity contribution in [2.24, 2.45) is 4.99 Å². The van der Waals surface area contributed by atoms with Crippen molar-refractivity contribution in [1.82, 2.24) is 5.32 Å². The van der Waals surface area contributed by atoms with Crippen molar-refractivity contribution in [3.05, 3.63) is 23.6 Å². The zero-order valence-electron chi connectivity index (χ0n) is 9.39. The average molecular weight is 234 g/mol. The van der Waals surface area contributed by atoms with Crippen LogP contribution in [0.4, 0.5) is 0 Å². The number of hydrogen-bond acceptors (Lipinski definition) is 4. The number of nitrogens with one attached hydrogen (secondary N) is 1. The van der Waals surface area contributed by atoms with E-state index in [1.807, 2.05) is 0 Å². The van der Waals surface area contributed by atoms with Crippen molar-refractivity contribution in [3.8, 4) is 0 Å². The van der Waals surface area contributed by atoms with Crippen LogP contribution in [0.3, 0.4) is 0 Å². The molecule has 0 bridgehead atoms. The first-order valence-corrected chi connectivity index (χ1v) is 5.83. The normalized spacial score (nSPS) is 31.9. The Morgan fingerprint density at radius 1 is 1.35 bits per heavy atom. The molecule has 3 aliphatic rings. The van der Waals surface area contributed by atoms with E-state index in [0.29, 0.717) is 13.2 Å². The van der Waals surface area contributed by atoms with Gasteiger partial charge in [0.25, 0.3) is 5.91 Å². The minimum absolute atomic E-state index is 0.0294. The molecule has 90 valence electrons. The van der Waals surface area contributed by atoms with Crippen LogP contribution in [0.1, 0.15) is 12.8 Å². The zero-order valence-corrected chi connectivity index (χ0v) is 9.39. The van der Waals surface area contributed by atoms with Gasteiger partial charge >= 0.3 is 0 Å². The van der Waals surface area contributed by atoms with Crippen molar-refractivity contribution < 1.29 is 14.3 Å². The predicted octanol–water partition coefficient (Wildman–Crippen LogP) is 0.533. The Kier molecular flexibility index (Phi) is 2.68. The summed E-state index contributed by atoms with van der Waals surface area (Å²) in [4.78, 5) is 15.1. The molecule has 1 saturated heterocycles. The molecule has 0 aromatic carbocycles. The van der Waals surface area contributed by atoms with Crippen LogP contribution < -0.4 is 5.32 Å². The van der Waals surface area contributed by atoms with Gasteiger partial charge in [-0.2, -0.15) is 0 Å². The van der Waals surface area contributed by atoms with E-state index >= 15 is 0 Å². The molecule has 0 radical (unpaired) electrons. The van der Waals surface area contributed by atoms with Crippen molar-refractivity contribution in [1.29, 1.82) is 0 Å². The highest BCUT2D eigenvalue weighted by atomic mass is 16.6. The second kappa shape index (κ2) is 4.33. The summed E-state index contributed by atoms with van der Waals surface area (Å²) in [5.41, 5.74) is 0.943. The molecule has 0 aromatic heterocycles. The van der Waals surface area contributed by atoms with E-state index in [2.05, 4.69) is 10.3 Å². The monoisotopic (exact) mass is 234 g/mol. The Balaban J connectivity index is 1.98. The highest BCUT2D eigenvalue weighted by Gasteiger charge is 2.33. The molecule has 2 unspecified atom stereocenters. The summed E-state index contributed by atoms with van der Waals surface area (Å²) in [6.45, 7) is 1.20. The molecule has 0 saturated carbocycles. The minimum Gasteiger partial charge on any atom is -0.492 e. The maximum Gasteiger partial charge on any atom is 0.271 e. The maximum absolute atomic E-state index is 11.3. The Morgan fingerprint density at radius 2 is 2.29 bits per heavy atom. The van der Waals surface area contributed by atoms with Crippen LogP contribution in [0.15, 0.2) is 28.6 Å². The van der Waals surface area contributed by atoms with Gasteiger partial charge < -0.3 is 14.8 Å². The minimum atomic E-state index is -0.261. The zero-order chi connectivity index (χ0) is 11.7. The topological polar surface area (TPSA) is 59.9 Å². The molecule has 1 amide bonds. The van der Waals surface area contributed by atoms with Crippen molar-refractivity contribution in [2.75, 3.05) is 13.2 Å². The van der Waals surface area contributed by atoms with Crippen LogP contribution in [0, 0.1) is 0 Å². The summed E-state index contributed by atoms with van der Waals surface area (Å²) in [7, 11) is 0. The molecule has 2 atom stereocenters. The number of ether oxygens (including phenoxy) is 2. The summed E-state index contributed by atoms with van der Waals surface area (Å²) in [5, 5.41) is 3.20. The smallest absolute Gasteiger partial charge is 0.271 e. The first-order valence-electron chi connectivity index (χ1n) is 5.83. The van der Waals surface area contributed by atoms with Gasteiger partial charge in [0.2, 0.25) is 0 Å². The van der Waals surface area contributed by atoms with Gasteiger partial charge in [0.1, 0.15) is 18.5 Å². The Bertz CT molecular complexity index is 425. The largest absolute Gasteiger partial charge is 0.492 e. The number of aliphatic imine (C=N–C) groups is 1. The first-order chi connectivity index (χ1) is 8.34. The number of fused-ring (bicyclic) bond motifs is 2. The predicted molar refractivity (Wildman–Crippen MR) is 61.5 cm³/mol. The van der Waals surface area contributed by atoms with E-state index in [-0.39, 0.29) is 18.1 Å². The molecule has 0 aromatic rings. The molecule has 5 nitrogen and oxygen atoms in total. The SMILES string of the molecule is O=C1C=CNC2CCC3OCCOC3=C2C=N1. The third kappa shape index (κ3) is 1.98. The molecule has 2 aliphatic heterocycles. The number of hydrogen-bond donors (Lipinski definition) is 1. The number of carbonyl (C=O) groups is 1. The van der Waals surface area contributed by atoms with E-state index in [1.165, 1.54) is 6.08 Å². The van der Waals surface area contributed by atoms with Crippen LogP contribution in [-0.2, 0) is 14.3 Å². The lowest BCUT2D eigenvalue weighted by Crippen LogP contribution is -2.40. The average Bonchev–Trinajstić information content (AvgIpc) is 2.34. The third-order valence-electron chi connectivity index (χ3n) is 3.18. The van der Waals surface area contributed by atoms with Crippen LogP contribution in [-0.4, -0.2) is 37.5 Å². The molecule has 5 heteroatoms. The van der Waals surface area contributed by atoms with Crippen molar-refractivity contribution >= 4 is 12.1 Å². The molecule has 0 spiro atoms. The van der Waals surface area contributed by atoms with Gasteiger partial charge in [-0.05, 0) is 12.8 Å². The quantitative estimate of drug-likeness (QED) is 0.664. The summed E-state index contributed by atoms with van der Waals surface area (Å²) < 4.78 is 11.3. The fourth-order valence-electron chi connectivity index (χ4n) is 2.38. The summed E-state index contributed by atoms with van der Waals surface area (Å²) in [5.74, 6) is 0.578. The molecule has 1 N–H and O–H groups in total. The van der Waals surface area contributed by atoms with E-state index < -0.39 is 0 Å². The third-order valence-corrected chi connectivity index (χ3v) is 3.18. The van der Waals surface area contributed by atoms with Crippen LogP contribution in [0.5, 0.6) is 0 Å². The standard InChI is InChI=1S/C12H14N2O3/c15-11-3-4-13-9-1-2-10-12(8(9)7-14-11)17-6-5-16-10/h3-4,7,9-10,13H,1-2,5-6H2. The van der Waals surface area contributed by atoms with Gasteiger partial charge in [-0.25, -0.2) is 4.99 Å². The fourth-order valence-corrected chi connectivity index (χ4v) is 2.38. The highest BCUT2D eigenvalue weighted by molar-refractivity contribution is 5.98. The van der Waals surface area contributed by atoms with Gasteiger partial charge in [-0.1, -0.05) is 0 Å². The molecule has 1 fully saturated rings. The van der Waals surface area contributed by atoms with Crippen LogP contribution in [0.2, 0.25) is 0 Å². The molecule has 3 rings (SSSR count). The van der Waals surface area contributed by atoms with Gasteiger partial charge in [0, 0.05) is 24.1 Å². The first kappa shape index (κ1) is 10.5. The second-order valence-corrected chi connectivity index (χ2v) is 4.25. The Labute approximate surface area is 99.2 Å². The van der Waals surface area contributed by atoms with Crippen LogP contribution in [0.25, 0.3) is 0 Å². The lowest BCUT2D eigenvalue weighted by atomic mass is 9.90. The van der Waals surface area contributed by atoms with E-state index in [1.54, 1.807) is 12.4 Å². The van der Waals surface area contributed by atoms with Gasteiger partial charge in [0.15, 0.2) is 0 Å². The molecule has 2 heterocycles. The fraction of sp³-hybridized carbons (Fsp3) is 0.500. The van der Waals surface area contributed by atoms with Crippen molar-refractivity contribution in [2.45, 2.75) is 25.0 Å². The lowest BCUT2D eigenvalue weighted by Gasteiger charge is -2.35. The lowest BCUT2D eigenvalue weighted by molar-refractivity contribution is -0.113. The van der Waals surface area contributed by atoms with E-state index in [9.17, 15) is 4.79 Å².